The predicted molar refractivity (Wildman–Crippen MR) is 56.9 cm³/mol. The van der Waals surface area contributed by atoms with Crippen molar-refractivity contribution in [2.45, 2.75) is 12.6 Å². The van der Waals surface area contributed by atoms with Crippen molar-refractivity contribution >= 4 is 11.7 Å². The standard InChI is InChI=1S/C11H14FNO2/c1-13(8-9(12)7-11(14)15)10-5-3-2-4-6-10/h2-6,9H,7-8H2,1H3,(H,14,15). The highest BCUT2D eigenvalue weighted by Gasteiger charge is 2.14. The summed E-state index contributed by atoms with van der Waals surface area (Å²) in [5.74, 6) is -1.11. The first-order valence-electron chi connectivity index (χ1n) is 4.71. The summed E-state index contributed by atoms with van der Waals surface area (Å²) in [4.78, 5) is 12.0. The molecule has 0 spiro atoms. The molecule has 1 unspecified atom stereocenters. The number of anilines is 1. The SMILES string of the molecule is CN(CC(F)CC(=O)O)c1ccccc1. The molecule has 1 atom stereocenters. The van der Waals surface area contributed by atoms with Crippen LogP contribution in [0.5, 0.6) is 0 Å². The van der Waals surface area contributed by atoms with Crippen LogP contribution in [0.3, 0.4) is 0 Å². The average molecular weight is 211 g/mol. The second-order valence-corrected chi connectivity index (χ2v) is 3.41. The van der Waals surface area contributed by atoms with E-state index in [1.54, 1.807) is 11.9 Å². The Morgan fingerprint density at radius 1 is 1.47 bits per heavy atom. The van der Waals surface area contributed by atoms with Crippen molar-refractivity contribution in [1.29, 1.82) is 0 Å². The lowest BCUT2D eigenvalue weighted by atomic mass is 10.2. The van der Waals surface area contributed by atoms with Gasteiger partial charge in [0.1, 0.15) is 6.17 Å². The highest BCUT2D eigenvalue weighted by Crippen LogP contribution is 2.12. The number of para-hydroxylation sites is 1. The molecule has 0 bridgehead atoms. The first-order chi connectivity index (χ1) is 7.09. The molecule has 15 heavy (non-hydrogen) atoms. The Hall–Kier alpha value is -1.58. The molecule has 1 rings (SSSR count). The quantitative estimate of drug-likeness (QED) is 0.809. The summed E-state index contributed by atoms with van der Waals surface area (Å²) in [6.45, 7) is 0.0936. The van der Waals surface area contributed by atoms with Crippen LogP contribution in [0.1, 0.15) is 6.42 Å². The van der Waals surface area contributed by atoms with E-state index in [9.17, 15) is 9.18 Å². The van der Waals surface area contributed by atoms with Crippen LogP contribution in [0.25, 0.3) is 0 Å². The molecule has 3 nitrogen and oxygen atoms in total. The number of benzene rings is 1. The third kappa shape index (κ3) is 3.97. The Kier molecular flexibility index (Phi) is 4.09. The number of hydrogen-bond acceptors (Lipinski definition) is 2. The van der Waals surface area contributed by atoms with E-state index in [0.717, 1.165) is 5.69 Å². The van der Waals surface area contributed by atoms with Gasteiger partial charge in [-0.3, -0.25) is 4.79 Å². The molecule has 0 radical (unpaired) electrons. The van der Waals surface area contributed by atoms with Crippen molar-refractivity contribution in [1.82, 2.24) is 0 Å². The van der Waals surface area contributed by atoms with Crippen LogP contribution in [0.2, 0.25) is 0 Å². The Bertz CT molecular complexity index is 316. The van der Waals surface area contributed by atoms with Gasteiger partial charge in [0.15, 0.2) is 0 Å². The topological polar surface area (TPSA) is 40.5 Å². The molecule has 0 aliphatic heterocycles. The maximum absolute atomic E-state index is 13.2. The molecule has 1 aromatic rings. The predicted octanol–water partition coefficient (Wildman–Crippen LogP) is 1.94. The molecule has 1 N–H and O–H groups in total. The average Bonchev–Trinajstić information content (AvgIpc) is 2.17. The molecule has 0 aromatic heterocycles. The molecule has 0 aliphatic rings. The lowest BCUT2D eigenvalue weighted by molar-refractivity contribution is -0.138. The van der Waals surface area contributed by atoms with E-state index in [0.29, 0.717) is 0 Å². The molecule has 4 heteroatoms. The fraction of sp³-hybridized carbons (Fsp3) is 0.364. The number of carbonyl (C=O) groups is 1. The summed E-state index contributed by atoms with van der Waals surface area (Å²) in [5.41, 5.74) is 0.880. The number of carboxylic acid groups (broad SMARTS) is 1. The highest BCUT2D eigenvalue weighted by molar-refractivity contribution is 5.67. The molecule has 0 saturated heterocycles. The summed E-state index contributed by atoms with van der Waals surface area (Å²) in [5, 5.41) is 8.41. The first-order valence-corrected chi connectivity index (χ1v) is 4.71. The zero-order chi connectivity index (χ0) is 11.3. The van der Waals surface area contributed by atoms with Crippen LogP contribution in [-0.4, -0.2) is 30.8 Å². The molecule has 1 aromatic carbocycles. The number of rotatable bonds is 5. The lowest BCUT2D eigenvalue weighted by Crippen LogP contribution is -2.27. The number of halogens is 1. The van der Waals surface area contributed by atoms with E-state index in [-0.39, 0.29) is 6.54 Å². The van der Waals surface area contributed by atoms with Crippen LogP contribution in [-0.2, 0) is 4.79 Å². The van der Waals surface area contributed by atoms with Crippen LogP contribution in [0, 0.1) is 0 Å². The number of aliphatic carboxylic acids is 1. The van der Waals surface area contributed by atoms with Gasteiger partial charge >= 0.3 is 5.97 Å². The molecule has 0 aliphatic carbocycles. The van der Waals surface area contributed by atoms with E-state index in [4.69, 9.17) is 5.11 Å². The maximum atomic E-state index is 13.2. The summed E-state index contributed by atoms with van der Waals surface area (Å²) in [7, 11) is 1.74. The Balaban J connectivity index is 2.49. The second-order valence-electron chi connectivity index (χ2n) is 3.41. The maximum Gasteiger partial charge on any atom is 0.306 e. The van der Waals surface area contributed by atoms with Gasteiger partial charge < -0.3 is 10.0 Å². The van der Waals surface area contributed by atoms with Gasteiger partial charge in [0.2, 0.25) is 0 Å². The highest BCUT2D eigenvalue weighted by atomic mass is 19.1. The zero-order valence-corrected chi connectivity index (χ0v) is 8.56. The fourth-order valence-electron chi connectivity index (χ4n) is 1.34. The second kappa shape index (κ2) is 5.34. The molecular formula is C11H14FNO2. The molecular weight excluding hydrogens is 197 g/mol. The number of carboxylic acids is 1. The Morgan fingerprint density at radius 3 is 2.60 bits per heavy atom. The molecule has 0 fully saturated rings. The minimum atomic E-state index is -1.34. The van der Waals surface area contributed by atoms with Crippen molar-refractivity contribution < 1.29 is 14.3 Å². The third-order valence-electron chi connectivity index (χ3n) is 2.07. The number of nitrogens with zero attached hydrogens (tertiary/aromatic N) is 1. The van der Waals surface area contributed by atoms with Gasteiger partial charge in [0.05, 0.1) is 6.42 Å². The van der Waals surface area contributed by atoms with E-state index < -0.39 is 18.6 Å². The molecule has 0 amide bonds. The normalized spacial score (nSPS) is 12.1. The first kappa shape index (κ1) is 11.5. The van der Waals surface area contributed by atoms with Crippen molar-refractivity contribution in [3.8, 4) is 0 Å². The minimum absolute atomic E-state index is 0.0936. The van der Waals surface area contributed by atoms with Gasteiger partial charge in [-0.05, 0) is 12.1 Å². The Labute approximate surface area is 88.1 Å². The third-order valence-corrected chi connectivity index (χ3v) is 2.07. The largest absolute Gasteiger partial charge is 0.481 e. The van der Waals surface area contributed by atoms with E-state index >= 15 is 0 Å². The zero-order valence-electron chi connectivity index (χ0n) is 8.56. The van der Waals surface area contributed by atoms with Gasteiger partial charge in [-0.1, -0.05) is 18.2 Å². The summed E-state index contributed by atoms with van der Waals surface area (Å²) in [6, 6.07) is 9.30. The van der Waals surface area contributed by atoms with Crippen molar-refractivity contribution in [3.05, 3.63) is 30.3 Å². The van der Waals surface area contributed by atoms with Crippen LogP contribution < -0.4 is 4.90 Å². The van der Waals surface area contributed by atoms with Crippen LogP contribution in [0.4, 0.5) is 10.1 Å². The van der Waals surface area contributed by atoms with Gasteiger partial charge in [0, 0.05) is 19.3 Å². The number of hydrogen-bond donors (Lipinski definition) is 1. The summed E-state index contributed by atoms with van der Waals surface area (Å²) < 4.78 is 13.2. The molecule has 0 heterocycles. The monoisotopic (exact) mass is 211 g/mol. The Morgan fingerprint density at radius 2 is 2.07 bits per heavy atom. The summed E-state index contributed by atoms with van der Waals surface area (Å²) >= 11 is 0. The van der Waals surface area contributed by atoms with Gasteiger partial charge in [-0.2, -0.15) is 0 Å². The fourth-order valence-corrected chi connectivity index (χ4v) is 1.34. The molecule has 0 saturated carbocycles. The summed E-state index contributed by atoms with van der Waals surface area (Å²) in [6.07, 6.45) is -1.79. The minimum Gasteiger partial charge on any atom is -0.481 e. The molecule has 82 valence electrons. The van der Waals surface area contributed by atoms with E-state index in [1.807, 2.05) is 30.3 Å². The van der Waals surface area contributed by atoms with E-state index in [2.05, 4.69) is 0 Å². The van der Waals surface area contributed by atoms with Crippen molar-refractivity contribution in [2.75, 3.05) is 18.5 Å². The smallest absolute Gasteiger partial charge is 0.306 e. The van der Waals surface area contributed by atoms with Crippen molar-refractivity contribution in [3.63, 3.8) is 0 Å². The van der Waals surface area contributed by atoms with Gasteiger partial charge in [-0.25, -0.2) is 4.39 Å². The number of alkyl halides is 1. The van der Waals surface area contributed by atoms with Crippen LogP contribution >= 0.6 is 0 Å². The van der Waals surface area contributed by atoms with Gasteiger partial charge in [-0.15, -0.1) is 0 Å². The van der Waals surface area contributed by atoms with Crippen LogP contribution in [0.15, 0.2) is 30.3 Å². The van der Waals surface area contributed by atoms with E-state index in [1.165, 1.54) is 0 Å². The lowest BCUT2D eigenvalue weighted by Gasteiger charge is -2.20. The van der Waals surface area contributed by atoms with Crippen molar-refractivity contribution in [2.24, 2.45) is 0 Å². The van der Waals surface area contributed by atoms with Gasteiger partial charge in [0.25, 0.3) is 0 Å².